The van der Waals surface area contributed by atoms with Crippen molar-refractivity contribution in [3.8, 4) is 10.4 Å². The SMILES string of the molecule is CC(C)OC(=O)NC1CCC(c2ncc(-c3ccccc3S(=O)(=O)N3CCC3)s2)CC1. The van der Waals surface area contributed by atoms with E-state index in [4.69, 9.17) is 4.74 Å². The van der Waals surface area contributed by atoms with Crippen molar-refractivity contribution >= 4 is 27.5 Å². The molecular weight excluding hydrogens is 434 g/mol. The number of nitrogens with one attached hydrogen (secondary N) is 1. The first-order valence-corrected chi connectivity index (χ1v) is 13.1. The van der Waals surface area contributed by atoms with E-state index in [9.17, 15) is 13.2 Å². The zero-order chi connectivity index (χ0) is 22.0. The maximum atomic E-state index is 13.0. The molecule has 0 radical (unpaired) electrons. The van der Waals surface area contributed by atoms with Crippen molar-refractivity contribution in [2.75, 3.05) is 13.1 Å². The summed E-state index contributed by atoms with van der Waals surface area (Å²) >= 11 is 1.58. The molecular formula is C22H29N3O4S2. The molecule has 1 saturated carbocycles. The molecule has 2 aromatic rings. The van der Waals surface area contributed by atoms with Crippen LogP contribution in [0, 0.1) is 0 Å². The van der Waals surface area contributed by atoms with Crippen LogP contribution < -0.4 is 5.32 Å². The van der Waals surface area contributed by atoms with Crippen molar-refractivity contribution in [2.45, 2.75) is 68.9 Å². The first-order valence-electron chi connectivity index (χ1n) is 10.9. The minimum Gasteiger partial charge on any atom is -0.447 e. The summed E-state index contributed by atoms with van der Waals surface area (Å²) in [5, 5.41) is 3.99. The third-order valence-electron chi connectivity index (χ3n) is 5.85. The van der Waals surface area contributed by atoms with E-state index in [0.717, 1.165) is 47.6 Å². The summed E-state index contributed by atoms with van der Waals surface area (Å²) in [5.74, 6) is 0.331. The van der Waals surface area contributed by atoms with Crippen molar-refractivity contribution in [2.24, 2.45) is 0 Å². The normalized spacial score (nSPS) is 22.2. The fourth-order valence-corrected chi connectivity index (χ4v) is 6.98. The van der Waals surface area contributed by atoms with Crippen molar-refractivity contribution < 1.29 is 17.9 Å². The van der Waals surface area contributed by atoms with Gasteiger partial charge < -0.3 is 10.1 Å². The van der Waals surface area contributed by atoms with Gasteiger partial charge in [0, 0.05) is 36.8 Å². The molecule has 9 heteroatoms. The Hall–Kier alpha value is -1.97. The quantitative estimate of drug-likeness (QED) is 0.687. The highest BCUT2D eigenvalue weighted by atomic mass is 32.2. The van der Waals surface area contributed by atoms with Gasteiger partial charge in [-0.25, -0.2) is 18.2 Å². The van der Waals surface area contributed by atoms with Crippen LogP contribution in [0.4, 0.5) is 4.79 Å². The Morgan fingerprint density at radius 2 is 1.90 bits per heavy atom. The lowest BCUT2D eigenvalue weighted by Gasteiger charge is -2.30. The number of ether oxygens (including phenoxy) is 1. The molecule has 1 amide bonds. The molecule has 0 bridgehead atoms. The Balaban J connectivity index is 1.44. The molecule has 1 aliphatic carbocycles. The second kappa shape index (κ2) is 9.26. The number of hydrogen-bond acceptors (Lipinski definition) is 6. The van der Waals surface area contributed by atoms with E-state index < -0.39 is 10.0 Å². The highest BCUT2D eigenvalue weighted by Gasteiger charge is 2.32. The van der Waals surface area contributed by atoms with Gasteiger partial charge in [0.05, 0.1) is 20.9 Å². The first kappa shape index (κ1) is 22.2. The predicted octanol–water partition coefficient (Wildman–Crippen LogP) is 4.37. The minimum absolute atomic E-state index is 0.127. The number of thiazole rings is 1. The second-order valence-corrected chi connectivity index (χ2v) is 11.4. The van der Waals surface area contributed by atoms with Crippen molar-refractivity contribution in [3.63, 3.8) is 0 Å². The molecule has 0 spiro atoms. The number of alkyl carbamates (subject to hydrolysis) is 1. The molecule has 31 heavy (non-hydrogen) atoms. The van der Waals surface area contributed by atoms with E-state index >= 15 is 0 Å². The van der Waals surface area contributed by atoms with Gasteiger partial charge in [-0.3, -0.25) is 0 Å². The molecule has 1 aromatic heterocycles. The van der Waals surface area contributed by atoms with Crippen LogP contribution >= 0.6 is 11.3 Å². The number of benzene rings is 1. The maximum Gasteiger partial charge on any atom is 0.407 e. The summed E-state index contributed by atoms with van der Waals surface area (Å²) in [7, 11) is -3.46. The summed E-state index contributed by atoms with van der Waals surface area (Å²) in [6, 6.07) is 7.33. The van der Waals surface area contributed by atoms with Gasteiger partial charge in [-0.15, -0.1) is 11.3 Å². The minimum atomic E-state index is -3.46. The molecule has 1 aliphatic heterocycles. The Morgan fingerprint density at radius 3 is 2.55 bits per heavy atom. The van der Waals surface area contributed by atoms with Gasteiger partial charge in [-0.05, 0) is 52.0 Å². The Morgan fingerprint density at radius 1 is 1.19 bits per heavy atom. The molecule has 4 rings (SSSR count). The molecule has 0 atom stereocenters. The lowest BCUT2D eigenvalue weighted by molar-refractivity contribution is 0.109. The lowest BCUT2D eigenvalue weighted by atomic mass is 9.86. The average Bonchev–Trinajstić information content (AvgIpc) is 3.16. The van der Waals surface area contributed by atoms with Crippen LogP contribution in [-0.2, 0) is 14.8 Å². The maximum absolute atomic E-state index is 13.0. The summed E-state index contributed by atoms with van der Waals surface area (Å²) < 4.78 is 32.7. The van der Waals surface area contributed by atoms with Crippen LogP contribution in [-0.4, -0.2) is 49.0 Å². The predicted molar refractivity (Wildman–Crippen MR) is 121 cm³/mol. The lowest BCUT2D eigenvalue weighted by Crippen LogP contribution is -2.42. The Labute approximate surface area is 187 Å². The van der Waals surface area contributed by atoms with E-state index in [1.165, 1.54) is 4.31 Å². The van der Waals surface area contributed by atoms with Gasteiger partial charge in [0.1, 0.15) is 0 Å². The van der Waals surface area contributed by atoms with Crippen molar-refractivity contribution in [1.29, 1.82) is 0 Å². The molecule has 2 fully saturated rings. The first-order chi connectivity index (χ1) is 14.8. The van der Waals surface area contributed by atoms with Crippen LogP contribution in [0.5, 0.6) is 0 Å². The van der Waals surface area contributed by atoms with Crippen LogP contribution in [0.15, 0.2) is 35.4 Å². The number of aromatic nitrogens is 1. The summed E-state index contributed by atoms with van der Waals surface area (Å²) in [5.41, 5.74) is 0.727. The topological polar surface area (TPSA) is 88.6 Å². The average molecular weight is 464 g/mol. The smallest absolute Gasteiger partial charge is 0.407 e. The summed E-state index contributed by atoms with van der Waals surface area (Å²) in [6.45, 7) is 4.85. The molecule has 0 unspecified atom stereocenters. The number of sulfonamides is 1. The molecule has 1 aromatic carbocycles. The number of nitrogens with zero attached hydrogens (tertiary/aromatic N) is 2. The molecule has 2 aliphatic rings. The van der Waals surface area contributed by atoms with Gasteiger partial charge >= 0.3 is 6.09 Å². The number of carbonyl (C=O) groups excluding carboxylic acids is 1. The monoisotopic (exact) mass is 463 g/mol. The third-order valence-corrected chi connectivity index (χ3v) is 9.00. The zero-order valence-corrected chi connectivity index (χ0v) is 19.5. The fourth-order valence-electron chi connectivity index (χ4n) is 4.06. The van der Waals surface area contributed by atoms with Crippen LogP contribution in [0.25, 0.3) is 10.4 Å². The van der Waals surface area contributed by atoms with E-state index in [0.29, 0.717) is 23.9 Å². The number of hydrogen-bond donors (Lipinski definition) is 1. The van der Waals surface area contributed by atoms with Crippen LogP contribution in [0.3, 0.4) is 0 Å². The van der Waals surface area contributed by atoms with E-state index in [1.54, 1.807) is 29.7 Å². The molecule has 1 saturated heterocycles. The van der Waals surface area contributed by atoms with Gasteiger partial charge in [-0.2, -0.15) is 4.31 Å². The molecule has 168 valence electrons. The number of carbonyl (C=O) groups is 1. The standard InChI is InChI=1S/C22H29N3O4S2/c1-15(2)29-22(26)24-17-10-8-16(9-11-17)21-23-14-19(30-21)18-6-3-4-7-20(18)31(27,28)25-12-5-13-25/h3-4,6-7,14-17H,5,8-13H2,1-2H3,(H,24,26). The molecule has 7 nitrogen and oxygen atoms in total. The van der Waals surface area contributed by atoms with E-state index in [1.807, 2.05) is 26.0 Å². The highest BCUT2D eigenvalue weighted by Crippen LogP contribution is 2.40. The Kier molecular flexibility index (Phi) is 6.64. The molecule has 1 N–H and O–H groups in total. The largest absolute Gasteiger partial charge is 0.447 e. The van der Waals surface area contributed by atoms with Crippen molar-refractivity contribution in [1.82, 2.24) is 14.6 Å². The summed E-state index contributed by atoms with van der Waals surface area (Å²) in [4.78, 5) is 17.7. The second-order valence-electron chi connectivity index (χ2n) is 8.46. The fraction of sp³-hybridized carbons (Fsp3) is 0.545. The van der Waals surface area contributed by atoms with E-state index in [-0.39, 0.29) is 18.2 Å². The van der Waals surface area contributed by atoms with Gasteiger partial charge in [0.25, 0.3) is 0 Å². The third kappa shape index (κ3) is 4.94. The van der Waals surface area contributed by atoms with Gasteiger partial charge in [-0.1, -0.05) is 18.2 Å². The Bertz CT molecular complexity index is 1020. The van der Waals surface area contributed by atoms with Gasteiger partial charge in [0.2, 0.25) is 10.0 Å². The molecule has 2 heterocycles. The van der Waals surface area contributed by atoms with Crippen molar-refractivity contribution in [3.05, 3.63) is 35.5 Å². The van der Waals surface area contributed by atoms with Crippen LogP contribution in [0.1, 0.15) is 56.9 Å². The highest BCUT2D eigenvalue weighted by molar-refractivity contribution is 7.89. The van der Waals surface area contributed by atoms with E-state index in [2.05, 4.69) is 10.3 Å². The number of rotatable bonds is 6. The number of amides is 1. The van der Waals surface area contributed by atoms with Gasteiger partial charge in [0.15, 0.2) is 0 Å². The summed E-state index contributed by atoms with van der Waals surface area (Å²) in [6.07, 6.45) is 5.88. The van der Waals surface area contributed by atoms with Crippen LogP contribution in [0.2, 0.25) is 0 Å². The zero-order valence-electron chi connectivity index (χ0n) is 17.9.